The van der Waals surface area contributed by atoms with Gasteiger partial charge in [-0.2, -0.15) is 0 Å². The number of thiocarbonyl (C=S) groups is 1. The zero-order valence-corrected chi connectivity index (χ0v) is 12.1. The molecule has 100 valence electrons. The molecule has 0 atom stereocenters. The van der Waals surface area contributed by atoms with E-state index in [0.717, 1.165) is 28.2 Å². The Hall–Kier alpha value is -1.88. The number of hydrogen-bond acceptors (Lipinski definition) is 4. The van der Waals surface area contributed by atoms with Gasteiger partial charge in [0.1, 0.15) is 10.8 Å². The van der Waals surface area contributed by atoms with Crippen LogP contribution in [-0.2, 0) is 6.54 Å². The summed E-state index contributed by atoms with van der Waals surface area (Å²) in [5.74, 6) is 0.811. The van der Waals surface area contributed by atoms with Gasteiger partial charge in [0.05, 0.1) is 18.1 Å². The molecule has 2 N–H and O–H groups in total. The number of furan rings is 1. The molecule has 0 saturated heterocycles. The van der Waals surface area contributed by atoms with Crippen molar-refractivity contribution >= 4 is 23.0 Å². The summed E-state index contributed by atoms with van der Waals surface area (Å²) < 4.78 is 5.08. The molecule has 0 aliphatic rings. The lowest BCUT2D eigenvalue weighted by atomic mass is 10.1. The fourth-order valence-corrected chi connectivity index (χ4v) is 2.38. The van der Waals surface area contributed by atoms with Crippen LogP contribution in [0, 0.1) is 13.8 Å². The molecule has 0 aliphatic carbocycles. The van der Waals surface area contributed by atoms with Gasteiger partial charge < -0.3 is 15.1 Å². The Labute approximate surface area is 118 Å². The maximum absolute atomic E-state index is 5.82. The first kappa shape index (κ1) is 13.5. The lowest BCUT2D eigenvalue weighted by molar-refractivity contribution is 0.563. The predicted octanol–water partition coefficient (Wildman–Crippen LogP) is 2.56. The number of aryl methyl sites for hydroxylation is 2. The summed E-state index contributed by atoms with van der Waals surface area (Å²) in [6.07, 6.45) is 3.38. The minimum absolute atomic E-state index is 0.374. The van der Waals surface area contributed by atoms with Crippen LogP contribution in [0.2, 0.25) is 0 Å². The monoisotopic (exact) mass is 275 g/mol. The minimum Gasteiger partial charge on any atom is -0.472 e. The molecule has 4 nitrogen and oxygen atoms in total. The Bertz CT molecular complexity index is 593. The van der Waals surface area contributed by atoms with Gasteiger partial charge in [-0.05, 0) is 31.5 Å². The number of aromatic nitrogens is 1. The van der Waals surface area contributed by atoms with Crippen LogP contribution in [-0.4, -0.2) is 17.0 Å². The van der Waals surface area contributed by atoms with E-state index in [4.69, 9.17) is 22.4 Å². The number of hydrogen-bond donors (Lipinski definition) is 1. The standard InChI is InChI=1S/C14H17N3OS/c1-9-6-10(2)16-14(12(9)13(15)19)17(3)7-11-4-5-18-8-11/h4-6,8H,7H2,1-3H3,(H2,15,19). The highest BCUT2D eigenvalue weighted by Crippen LogP contribution is 2.23. The van der Waals surface area contributed by atoms with E-state index in [1.807, 2.05) is 37.9 Å². The largest absolute Gasteiger partial charge is 0.472 e. The summed E-state index contributed by atoms with van der Waals surface area (Å²) in [5.41, 5.74) is 9.74. The molecule has 0 fully saturated rings. The molecule has 5 heteroatoms. The highest BCUT2D eigenvalue weighted by atomic mass is 32.1. The lowest BCUT2D eigenvalue weighted by Gasteiger charge is -2.22. The molecule has 2 aromatic rings. The maximum atomic E-state index is 5.82. The third-order valence-corrected chi connectivity index (χ3v) is 3.14. The van der Waals surface area contributed by atoms with Gasteiger partial charge in [0.15, 0.2) is 0 Å². The molecule has 0 aliphatic heterocycles. The average Bonchev–Trinajstić information content (AvgIpc) is 2.79. The second kappa shape index (κ2) is 5.40. The normalized spacial score (nSPS) is 10.5. The van der Waals surface area contributed by atoms with Crippen molar-refractivity contribution in [3.63, 3.8) is 0 Å². The van der Waals surface area contributed by atoms with Crippen LogP contribution in [0.25, 0.3) is 0 Å². The van der Waals surface area contributed by atoms with E-state index >= 15 is 0 Å². The third-order valence-electron chi connectivity index (χ3n) is 2.93. The molecule has 0 unspecified atom stereocenters. The zero-order valence-electron chi connectivity index (χ0n) is 11.3. The highest BCUT2D eigenvalue weighted by Gasteiger charge is 2.15. The predicted molar refractivity (Wildman–Crippen MR) is 80.4 cm³/mol. The summed E-state index contributed by atoms with van der Waals surface area (Å²) in [6, 6.07) is 3.92. The second-order valence-electron chi connectivity index (χ2n) is 4.63. The molecule has 0 bridgehead atoms. The molecular weight excluding hydrogens is 258 g/mol. The van der Waals surface area contributed by atoms with Gasteiger partial charge in [-0.1, -0.05) is 12.2 Å². The van der Waals surface area contributed by atoms with Gasteiger partial charge in [0, 0.05) is 24.8 Å². The van der Waals surface area contributed by atoms with Gasteiger partial charge in [0.25, 0.3) is 0 Å². The molecule has 2 rings (SSSR count). The van der Waals surface area contributed by atoms with Crippen LogP contribution in [0.3, 0.4) is 0 Å². The number of anilines is 1. The second-order valence-corrected chi connectivity index (χ2v) is 5.07. The van der Waals surface area contributed by atoms with Crippen LogP contribution in [0.4, 0.5) is 5.82 Å². The van der Waals surface area contributed by atoms with E-state index in [9.17, 15) is 0 Å². The van der Waals surface area contributed by atoms with Gasteiger partial charge >= 0.3 is 0 Å². The number of pyridine rings is 1. The molecule has 19 heavy (non-hydrogen) atoms. The molecule has 2 aromatic heterocycles. The van der Waals surface area contributed by atoms with Crippen LogP contribution in [0.5, 0.6) is 0 Å². The van der Waals surface area contributed by atoms with E-state index in [1.54, 1.807) is 12.5 Å². The minimum atomic E-state index is 0.374. The topological polar surface area (TPSA) is 55.3 Å². The first-order valence-electron chi connectivity index (χ1n) is 5.99. The summed E-state index contributed by atoms with van der Waals surface area (Å²) in [4.78, 5) is 6.96. The summed E-state index contributed by atoms with van der Waals surface area (Å²) in [7, 11) is 1.97. The number of nitrogens with zero attached hydrogens (tertiary/aromatic N) is 2. The van der Waals surface area contributed by atoms with Crippen LogP contribution in [0.1, 0.15) is 22.4 Å². The van der Waals surface area contributed by atoms with Crippen LogP contribution in [0.15, 0.2) is 29.1 Å². The van der Waals surface area contributed by atoms with Crippen molar-refractivity contribution in [2.24, 2.45) is 5.73 Å². The van der Waals surface area contributed by atoms with Crippen molar-refractivity contribution in [1.29, 1.82) is 0 Å². The summed E-state index contributed by atoms with van der Waals surface area (Å²) in [5, 5.41) is 0. The first-order valence-corrected chi connectivity index (χ1v) is 6.40. The van der Waals surface area contributed by atoms with E-state index in [1.165, 1.54) is 0 Å². The average molecular weight is 275 g/mol. The third kappa shape index (κ3) is 2.93. The highest BCUT2D eigenvalue weighted by molar-refractivity contribution is 7.80. The summed E-state index contributed by atoms with van der Waals surface area (Å²) >= 11 is 5.14. The Kier molecular flexibility index (Phi) is 3.85. The Balaban J connectivity index is 2.40. The van der Waals surface area contributed by atoms with Crippen molar-refractivity contribution in [2.75, 3.05) is 11.9 Å². The first-order chi connectivity index (χ1) is 8.99. The smallest absolute Gasteiger partial charge is 0.139 e. The van der Waals surface area contributed by atoms with Crippen molar-refractivity contribution in [3.05, 3.63) is 47.0 Å². The van der Waals surface area contributed by atoms with Crippen LogP contribution >= 0.6 is 12.2 Å². The number of nitrogens with two attached hydrogens (primary N) is 1. The molecular formula is C14H17N3OS. The van der Waals surface area contributed by atoms with Crippen LogP contribution < -0.4 is 10.6 Å². The Morgan fingerprint density at radius 2 is 2.21 bits per heavy atom. The molecule has 0 radical (unpaired) electrons. The van der Waals surface area contributed by atoms with Gasteiger partial charge in [0.2, 0.25) is 0 Å². The van der Waals surface area contributed by atoms with Gasteiger partial charge in [-0.15, -0.1) is 0 Å². The van der Waals surface area contributed by atoms with Gasteiger partial charge in [-0.25, -0.2) is 4.98 Å². The fourth-order valence-electron chi connectivity index (χ4n) is 2.13. The van der Waals surface area contributed by atoms with Crippen molar-refractivity contribution in [1.82, 2.24) is 4.98 Å². The van der Waals surface area contributed by atoms with E-state index in [2.05, 4.69) is 4.98 Å². The van der Waals surface area contributed by atoms with Crippen molar-refractivity contribution < 1.29 is 4.42 Å². The molecule has 0 amide bonds. The molecule has 2 heterocycles. The van der Waals surface area contributed by atoms with E-state index in [-0.39, 0.29) is 0 Å². The van der Waals surface area contributed by atoms with Crippen molar-refractivity contribution in [2.45, 2.75) is 20.4 Å². The SMILES string of the molecule is Cc1cc(C)c(C(N)=S)c(N(C)Cc2ccoc2)n1. The Morgan fingerprint density at radius 3 is 2.79 bits per heavy atom. The number of rotatable bonds is 4. The summed E-state index contributed by atoms with van der Waals surface area (Å²) in [6.45, 7) is 4.66. The van der Waals surface area contributed by atoms with Gasteiger partial charge in [-0.3, -0.25) is 0 Å². The molecule has 0 aromatic carbocycles. The quantitative estimate of drug-likeness (QED) is 0.869. The molecule has 0 saturated carbocycles. The Morgan fingerprint density at radius 1 is 1.47 bits per heavy atom. The fraction of sp³-hybridized carbons (Fsp3) is 0.286. The van der Waals surface area contributed by atoms with Crippen molar-refractivity contribution in [3.8, 4) is 0 Å². The van der Waals surface area contributed by atoms with E-state index in [0.29, 0.717) is 11.5 Å². The molecule has 0 spiro atoms. The maximum Gasteiger partial charge on any atom is 0.139 e. The van der Waals surface area contributed by atoms with E-state index < -0.39 is 0 Å². The lowest BCUT2D eigenvalue weighted by Crippen LogP contribution is -2.24. The zero-order chi connectivity index (χ0) is 14.0.